The fourth-order valence-corrected chi connectivity index (χ4v) is 2.24. The van der Waals surface area contributed by atoms with Crippen molar-refractivity contribution in [3.05, 3.63) is 53.6 Å². The number of hydrogen-bond acceptors (Lipinski definition) is 2. The smallest absolute Gasteiger partial charge is 0.335 e. The van der Waals surface area contributed by atoms with Crippen LogP contribution in [0.4, 0.5) is 8.78 Å². The lowest BCUT2D eigenvalue weighted by Gasteiger charge is -2.04. The number of benzene rings is 2. The minimum atomic E-state index is -1.06. The van der Waals surface area contributed by atoms with Gasteiger partial charge in [0, 0.05) is 13.1 Å². The summed E-state index contributed by atoms with van der Waals surface area (Å²) in [6.07, 6.45) is 0. The van der Waals surface area contributed by atoms with Crippen molar-refractivity contribution in [3.8, 4) is 11.4 Å². The molecule has 3 rings (SSSR count). The highest BCUT2D eigenvalue weighted by molar-refractivity contribution is 5.93. The van der Waals surface area contributed by atoms with E-state index in [1.54, 1.807) is 17.7 Å². The van der Waals surface area contributed by atoms with Gasteiger partial charge in [-0.2, -0.15) is 0 Å². The van der Waals surface area contributed by atoms with Crippen LogP contribution in [0.1, 0.15) is 10.4 Å². The third-order valence-corrected chi connectivity index (χ3v) is 3.30. The minimum Gasteiger partial charge on any atom is -0.478 e. The van der Waals surface area contributed by atoms with E-state index in [2.05, 4.69) is 4.98 Å². The number of carboxylic acid groups (broad SMARTS) is 1. The Balaban J connectivity index is 2.23. The second-order valence-electron chi connectivity index (χ2n) is 4.63. The largest absolute Gasteiger partial charge is 0.478 e. The molecular weight excluding hydrogens is 278 g/mol. The number of nitrogens with zero attached hydrogens (tertiary/aromatic N) is 2. The second-order valence-corrected chi connectivity index (χ2v) is 4.63. The fraction of sp³-hybridized carbons (Fsp3) is 0.0667. The molecule has 0 unspecified atom stereocenters. The number of fused-ring (bicyclic) bond motifs is 1. The van der Waals surface area contributed by atoms with Gasteiger partial charge in [0.15, 0.2) is 0 Å². The molecule has 0 saturated heterocycles. The molecule has 21 heavy (non-hydrogen) atoms. The van der Waals surface area contributed by atoms with Crippen molar-refractivity contribution in [2.45, 2.75) is 0 Å². The first-order chi connectivity index (χ1) is 9.97. The van der Waals surface area contributed by atoms with Gasteiger partial charge in [0.2, 0.25) is 0 Å². The normalized spacial score (nSPS) is 11.0. The van der Waals surface area contributed by atoms with Gasteiger partial charge in [0.25, 0.3) is 0 Å². The first kappa shape index (κ1) is 13.2. The average Bonchev–Trinajstić information content (AvgIpc) is 2.75. The van der Waals surface area contributed by atoms with Crippen molar-refractivity contribution in [3.63, 3.8) is 0 Å². The summed E-state index contributed by atoms with van der Waals surface area (Å²) in [7, 11) is 1.69. The Morgan fingerprint density at radius 3 is 2.62 bits per heavy atom. The van der Waals surface area contributed by atoms with Crippen LogP contribution < -0.4 is 0 Å². The molecule has 0 aliphatic carbocycles. The fourth-order valence-electron chi connectivity index (χ4n) is 2.24. The SMILES string of the molecule is Cn1c(-c2ccc(F)cc2F)nc2cc(C(=O)O)ccc21. The van der Waals surface area contributed by atoms with E-state index in [-0.39, 0.29) is 11.1 Å². The molecule has 106 valence electrons. The molecular formula is C15H10F2N2O2. The predicted octanol–water partition coefficient (Wildman–Crippen LogP) is 3.22. The molecule has 2 aromatic carbocycles. The van der Waals surface area contributed by atoms with Crippen molar-refractivity contribution in [2.24, 2.45) is 7.05 Å². The van der Waals surface area contributed by atoms with Gasteiger partial charge in [0.1, 0.15) is 17.5 Å². The highest BCUT2D eigenvalue weighted by Crippen LogP contribution is 2.26. The lowest BCUT2D eigenvalue weighted by molar-refractivity contribution is 0.0697. The molecule has 0 saturated carbocycles. The summed E-state index contributed by atoms with van der Waals surface area (Å²) in [5.41, 5.74) is 1.37. The number of rotatable bonds is 2. The zero-order valence-corrected chi connectivity index (χ0v) is 11.0. The molecule has 0 aliphatic heterocycles. The van der Waals surface area contributed by atoms with E-state index in [1.165, 1.54) is 18.2 Å². The summed E-state index contributed by atoms with van der Waals surface area (Å²) >= 11 is 0. The molecule has 0 radical (unpaired) electrons. The van der Waals surface area contributed by atoms with Crippen LogP contribution in [0, 0.1) is 11.6 Å². The Labute approximate surface area is 118 Å². The number of aryl methyl sites for hydroxylation is 1. The third-order valence-electron chi connectivity index (χ3n) is 3.30. The molecule has 1 aromatic heterocycles. The Morgan fingerprint density at radius 2 is 1.95 bits per heavy atom. The van der Waals surface area contributed by atoms with Gasteiger partial charge in [-0.1, -0.05) is 0 Å². The standard InChI is InChI=1S/C15H10F2N2O2/c1-19-13-5-2-8(15(20)21)6-12(13)18-14(19)10-4-3-9(16)7-11(10)17/h2-7H,1H3,(H,20,21). The number of imidazole rings is 1. The highest BCUT2D eigenvalue weighted by atomic mass is 19.1. The maximum atomic E-state index is 13.9. The van der Waals surface area contributed by atoms with E-state index in [0.29, 0.717) is 16.9 Å². The summed E-state index contributed by atoms with van der Waals surface area (Å²) in [4.78, 5) is 15.2. The summed E-state index contributed by atoms with van der Waals surface area (Å²) in [5.74, 6) is -2.13. The van der Waals surface area contributed by atoms with Gasteiger partial charge in [-0.25, -0.2) is 18.6 Å². The van der Waals surface area contributed by atoms with E-state index < -0.39 is 17.6 Å². The van der Waals surface area contributed by atoms with Crippen molar-refractivity contribution >= 4 is 17.0 Å². The Morgan fingerprint density at radius 1 is 1.19 bits per heavy atom. The Bertz CT molecular complexity index is 871. The van der Waals surface area contributed by atoms with Crippen molar-refractivity contribution < 1.29 is 18.7 Å². The predicted molar refractivity (Wildman–Crippen MR) is 73.0 cm³/mol. The zero-order chi connectivity index (χ0) is 15.1. The molecule has 0 amide bonds. The van der Waals surface area contributed by atoms with Crippen LogP contribution in [-0.4, -0.2) is 20.6 Å². The molecule has 3 aromatic rings. The average molecular weight is 288 g/mol. The van der Waals surface area contributed by atoms with Crippen LogP contribution >= 0.6 is 0 Å². The van der Waals surface area contributed by atoms with Crippen molar-refractivity contribution in [1.82, 2.24) is 9.55 Å². The maximum Gasteiger partial charge on any atom is 0.335 e. The lowest BCUT2D eigenvalue weighted by Crippen LogP contribution is -1.96. The summed E-state index contributed by atoms with van der Waals surface area (Å²) in [5, 5.41) is 8.98. The molecule has 1 N–H and O–H groups in total. The molecule has 4 nitrogen and oxygen atoms in total. The molecule has 0 aliphatic rings. The molecule has 1 heterocycles. The highest BCUT2D eigenvalue weighted by Gasteiger charge is 2.15. The van der Waals surface area contributed by atoms with Crippen LogP contribution in [0.15, 0.2) is 36.4 Å². The van der Waals surface area contributed by atoms with Crippen molar-refractivity contribution in [2.75, 3.05) is 0 Å². The van der Waals surface area contributed by atoms with Gasteiger partial charge >= 0.3 is 5.97 Å². The van der Waals surface area contributed by atoms with Crippen LogP contribution in [0.3, 0.4) is 0 Å². The lowest BCUT2D eigenvalue weighted by atomic mass is 10.2. The first-order valence-corrected chi connectivity index (χ1v) is 6.12. The number of halogens is 2. The van der Waals surface area contributed by atoms with E-state index in [1.807, 2.05) is 0 Å². The molecule has 0 spiro atoms. The molecule has 6 heteroatoms. The zero-order valence-electron chi connectivity index (χ0n) is 11.0. The van der Waals surface area contributed by atoms with E-state index in [9.17, 15) is 13.6 Å². The van der Waals surface area contributed by atoms with Crippen LogP contribution in [0.25, 0.3) is 22.4 Å². The van der Waals surface area contributed by atoms with Crippen molar-refractivity contribution in [1.29, 1.82) is 0 Å². The van der Waals surface area contributed by atoms with E-state index in [0.717, 1.165) is 12.1 Å². The first-order valence-electron chi connectivity index (χ1n) is 6.12. The summed E-state index contributed by atoms with van der Waals surface area (Å²) < 4.78 is 28.5. The van der Waals surface area contributed by atoms with Gasteiger partial charge in [-0.3, -0.25) is 0 Å². The number of hydrogen-bond donors (Lipinski definition) is 1. The minimum absolute atomic E-state index is 0.103. The van der Waals surface area contributed by atoms with Gasteiger partial charge in [0.05, 0.1) is 22.2 Å². The van der Waals surface area contributed by atoms with Crippen LogP contribution in [0.5, 0.6) is 0 Å². The Kier molecular flexibility index (Phi) is 2.94. The summed E-state index contributed by atoms with van der Waals surface area (Å²) in [6, 6.07) is 7.73. The number of carboxylic acids is 1. The van der Waals surface area contributed by atoms with E-state index in [4.69, 9.17) is 5.11 Å². The van der Waals surface area contributed by atoms with Crippen LogP contribution in [-0.2, 0) is 7.05 Å². The van der Waals surface area contributed by atoms with Gasteiger partial charge in [-0.05, 0) is 30.3 Å². The monoisotopic (exact) mass is 288 g/mol. The van der Waals surface area contributed by atoms with Gasteiger partial charge < -0.3 is 9.67 Å². The Hall–Kier alpha value is -2.76. The molecule has 0 atom stereocenters. The second kappa shape index (κ2) is 4.66. The number of aromatic carboxylic acids is 1. The maximum absolute atomic E-state index is 13.9. The number of carbonyl (C=O) groups is 1. The molecule has 0 fully saturated rings. The summed E-state index contributed by atoms with van der Waals surface area (Å²) in [6.45, 7) is 0. The van der Waals surface area contributed by atoms with E-state index >= 15 is 0 Å². The number of aromatic nitrogens is 2. The topological polar surface area (TPSA) is 55.1 Å². The van der Waals surface area contributed by atoms with Gasteiger partial charge in [-0.15, -0.1) is 0 Å². The quantitative estimate of drug-likeness (QED) is 0.787. The molecule has 0 bridgehead atoms. The third kappa shape index (κ3) is 2.14. The van der Waals surface area contributed by atoms with Crippen LogP contribution in [0.2, 0.25) is 0 Å².